The molecule has 0 aliphatic heterocycles. The van der Waals surface area contributed by atoms with Crippen molar-refractivity contribution in [2.24, 2.45) is 0 Å². The van der Waals surface area contributed by atoms with E-state index in [9.17, 15) is 19.8 Å². The van der Waals surface area contributed by atoms with Gasteiger partial charge in [-0.3, -0.25) is 0 Å². The third-order valence-electron chi connectivity index (χ3n) is 2.58. The van der Waals surface area contributed by atoms with Crippen molar-refractivity contribution in [2.75, 3.05) is 13.1 Å². The molecule has 0 unspecified atom stereocenters. The third kappa shape index (κ3) is 3.07. The molecule has 0 atom stereocenters. The summed E-state index contributed by atoms with van der Waals surface area (Å²) >= 11 is 11.4. The maximum atomic E-state index is 11.0. The number of alkyl halides is 2. The monoisotopic (exact) mass is 284 g/mol. The van der Waals surface area contributed by atoms with Gasteiger partial charge in [-0.1, -0.05) is 0 Å². The van der Waals surface area contributed by atoms with E-state index in [4.69, 9.17) is 23.2 Å². The van der Waals surface area contributed by atoms with Gasteiger partial charge in [0, 0.05) is 13.1 Å². The highest BCUT2D eigenvalue weighted by Gasteiger charge is 2.43. The van der Waals surface area contributed by atoms with Crippen LogP contribution in [0.1, 0.15) is 20.8 Å². The van der Waals surface area contributed by atoms with Crippen LogP contribution in [0.15, 0.2) is 0 Å². The van der Waals surface area contributed by atoms with E-state index in [2.05, 4.69) is 0 Å². The molecule has 100 valence electrons. The Labute approximate surface area is 110 Å². The fourth-order valence-electron chi connectivity index (χ4n) is 1.65. The normalized spacial score (nSPS) is 11.4. The van der Waals surface area contributed by atoms with Gasteiger partial charge in [0.15, 0.2) is 0 Å². The van der Waals surface area contributed by atoms with Crippen LogP contribution in [-0.4, -0.2) is 45.6 Å². The summed E-state index contributed by atoms with van der Waals surface area (Å²) in [5.74, 6) is 0. The molecule has 0 fully saturated rings. The summed E-state index contributed by atoms with van der Waals surface area (Å²) in [6, 6.07) is 0. The first-order valence-electron chi connectivity index (χ1n) is 4.98. The van der Waals surface area contributed by atoms with Gasteiger partial charge in [-0.15, -0.1) is 23.2 Å². The number of carbonyl (C=O) groups is 2. The lowest BCUT2D eigenvalue weighted by Gasteiger charge is -2.51. The maximum absolute atomic E-state index is 11.0. The molecule has 0 aliphatic carbocycles. The summed E-state index contributed by atoms with van der Waals surface area (Å²) in [6.45, 7) is 4.31. The fourth-order valence-corrected chi connectivity index (χ4v) is 2.12. The second-order valence-corrected chi connectivity index (χ2v) is 4.51. The van der Waals surface area contributed by atoms with Gasteiger partial charge in [0.2, 0.25) is 0 Å². The molecule has 0 radical (unpaired) electrons. The number of carboxylic acid groups (broad SMARTS) is 2. The largest absolute Gasteiger partial charge is 0.530 e. The third-order valence-corrected chi connectivity index (χ3v) is 3.41. The zero-order chi connectivity index (χ0) is 13.8. The molecule has 17 heavy (non-hydrogen) atoms. The van der Waals surface area contributed by atoms with Gasteiger partial charge in [0.1, 0.15) is 22.7 Å². The molecule has 0 aliphatic rings. The SMILES string of the molecule is CCN(C(=O)[O-])C(C)(C(Cl)Cl)N(CC)C(=O)[O-]. The number of amides is 2. The Bertz CT molecular complexity index is 277. The first kappa shape index (κ1) is 16.1. The Morgan fingerprint density at radius 1 is 1.12 bits per heavy atom. The van der Waals surface area contributed by atoms with Crippen LogP contribution in [0.5, 0.6) is 0 Å². The lowest BCUT2D eigenvalue weighted by atomic mass is 10.1. The Morgan fingerprint density at radius 3 is 1.53 bits per heavy atom. The van der Waals surface area contributed by atoms with Gasteiger partial charge in [0.25, 0.3) is 0 Å². The molecule has 8 heteroatoms. The van der Waals surface area contributed by atoms with Gasteiger partial charge in [-0.2, -0.15) is 0 Å². The van der Waals surface area contributed by atoms with Crippen molar-refractivity contribution in [1.29, 1.82) is 0 Å². The Hall–Kier alpha value is -0.880. The van der Waals surface area contributed by atoms with Gasteiger partial charge in [-0.05, 0) is 20.8 Å². The van der Waals surface area contributed by atoms with Crippen molar-refractivity contribution in [1.82, 2.24) is 9.80 Å². The molecule has 0 saturated heterocycles. The molecular weight excluding hydrogens is 271 g/mol. The van der Waals surface area contributed by atoms with Crippen LogP contribution in [0.25, 0.3) is 0 Å². The van der Waals surface area contributed by atoms with Crippen LogP contribution in [-0.2, 0) is 0 Å². The quantitative estimate of drug-likeness (QED) is 0.518. The average Bonchev–Trinajstić information content (AvgIpc) is 2.17. The average molecular weight is 285 g/mol. The minimum Gasteiger partial charge on any atom is -0.530 e. The standard InChI is InChI=1S/C9H16Cl2N2O4/c1-4-12(7(14)15)9(3,6(10)11)13(5-2)8(16)17/h6H,4-5H2,1-3H3,(H,14,15)(H,16,17)/p-2. The molecule has 0 aromatic rings. The molecule has 0 spiro atoms. The highest BCUT2D eigenvalue weighted by Crippen LogP contribution is 2.30. The van der Waals surface area contributed by atoms with Gasteiger partial charge < -0.3 is 29.6 Å². The maximum Gasteiger partial charge on any atom is 0.149 e. The van der Waals surface area contributed by atoms with Crippen LogP contribution in [0, 0.1) is 0 Å². The molecule has 0 aromatic heterocycles. The highest BCUT2D eigenvalue weighted by atomic mass is 35.5. The van der Waals surface area contributed by atoms with Crippen LogP contribution in [0.2, 0.25) is 0 Å². The summed E-state index contributed by atoms with van der Waals surface area (Å²) in [6.07, 6.45) is -3.11. The van der Waals surface area contributed by atoms with Crippen LogP contribution >= 0.6 is 23.2 Å². The topological polar surface area (TPSA) is 86.7 Å². The number of carbonyl (C=O) groups excluding carboxylic acids is 2. The van der Waals surface area contributed by atoms with E-state index in [1.807, 2.05) is 0 Å². The molecule has 0 N–H and O–H groups in total. The van der Waals surface area contributed by atoms with Gasteiger partial charge >= 0.3 is 0 Å². The fraction of sp³-hybridized carbons (Fsp3) is 0.778. The van der Waals surface area contributed by atoms with E-state index in [0.29, 0.717) is 0 Å². The number of rotatable bonds is 5. The predicted octanol–water partition coefficient (Wildman–Crippen LogP) is -0.163. The molecule has 0 saturated carbocycles. The van der Waals surface area contributed by atoms with Crippen LogP contribution in [0.4, 0.5) is 9.59 Å². The van der Waals surface area contributed by atoms with Crippen molar-refractivity contribution in [3.05, 3.63) is 0 Å². The summed E-state index contributed by atoms with van der Waals surface area (Å²) in [5.41, 5.74) is -1.65. The van der Waals surface area contributed by atoms with Crippen LogP contribution in [0.3, 0.4) is 0 Å². The molecule has 0 rings (SSSR count). The number of nitrogens with zero attached hydrogens (tertiary/aromatic N) is 2. The van der Waals surface area contributed by atoms with Crippen molar-refractivity contribution in [3.8, 4) is 0 Å². The van der Waals surface area contributed by atoms with Crippen molar-refractivity contribution in [3.63, 3.8) is 0 Å². The minimum absolute atomic E-state index is 0.0153. The summed E-state index contributed by atoms with van der Waals surface area (Å²) in [5, 5.41) is 22.0. The van der Waals surface area contributed by atoms with Crippen molar-refractivity contribution < 1.29 is 19.8 Å². The molecule has 6 nitrogen and oxygen atoms in total. The smallest absolute Gasteiger partial charge is 0.149 e. The van der Waals surface area contributed by atoms with E-state index in [1.54, 1.807) is 0 Å². The van der Waals surface area contributed by atoms with E-state index < -0.39 is 22.7 Å². The number of hydrogen-bond donors (Lipinski definition) is 0. The summed E-state index contributed by atoms with van der Waals surface area (Å²) < 4.78 is 0. The first-order valence-corrected chi connectivity index (χ1v) is 5.86. The highest BCUT2D eigenvalue weighted by molar-refractivity contribution is 6.45. The molecule has 0 heterocycles. The Morgan fingerprint density at radius 2 is 1.41 bits per heavy atom. The second-order valence-electron chi connectivity index (χ2n) is 3.42. The van der Waals surface area contributed by atoms with E-state index in [-0.39, 0.29) is 13.1 Å². The predicted molar refractivity (Wildman–Crippen MR) is 59.5 cm³/mol. The Balaban J connectivity index is 5.55. The lowest BCUT2D eigenvalue weighted by Crippen LogP contribution is -2.69. The van der Waals surface area contributed by atoms with Crippen molar-refractivity contribution >= 4 is 35.4 Å². The summed E-state index contributed by atoms with van der Waals surface area (Å²) in [7, 11) is 0. The molecular formula is C9H14Cl2N2O4-2. The minimum atomic E-state index is -1.65. The lowest BCUT2D eigenvalue weighted by molar-refractivity contribution is -0.289. The second kappa shape index (κ2) is 6.16. The van der Waals surface area contributed by atoms with E-state index >= 15 is 0 Å². The van der Waals surface area contributed by atoms with Gasteiger partial charge in [0.05, 0.1) is 0 Å². The summed E-state index contributed by atoms with van der Waals surface area (Å²) in [4.78, 5) is 22.2. The van der Waals surface area contributed by atoms with Crippen molar-refractivity contribution in [2.45, 2.75) is 31.3 Å². The van der Waals surface area contributed by atoms with E-state index in [0.717, 1.165) is 9.80 Å². The number of hydrogen-bond acceptors (Lipinski definition) is 4. The zero-order valence-corrected chi connectivity index (χ0v) is 11.3. The molecule has 0 bridgehead atoms. The van der Waals surface area contributed by atoms with Gasteiger partial charge in [-0.25, -0.2) is 0 Å². The zero-order valence-electron chi connectivity index (χ0n) is 9.77. The molecule has 2 amide bonds. The van der Waals surface area contributed by atoms with E-state index in [1.165, 1.54) is 20.8 Å². The Kier molecular flexibility index (Phi) is 5.84. The van der Waals surface area contributed by atoms with Crippen LogP contribution < -0.4 is 10.2 Å². The first-order chi connectivity index (χ1) is 7.73. The molecule has 0 aromatic carbocycles. The number of halogens is 2.